The fourth-order valence-corrected chi connectivity index (χ4v) is 2.53. The van der Waals surface area contributed by atoms with Gasteiger partial charge in [0.1, 0.15) is 11.5 Å². The Morgan fingerprint density at radius 1 is 1.07 bits per heavy atom. The van der Waals surface area contributed by atoms with Gasteiger partial charge in [0.25, 0.3) is 0 Å². The number of carbonyl (C=O) groups is 1. The second kappa shape index (κ2) is 9.09. The fraction of sp³-hybridized carbons (Fsp3) is 0.200. The van der Waals surface area contributed by atoms with E-state index in [1.807, 2.05) is 36.5 Å². The third kappa shape index (κ3) is 5.49. The number of aromatic nitrogens is 2. The Morgan fingerprint density at radius 3 is 2.48 bits per heavy atom. The molecule has 0 bridgehead atoms. The summed E-state index contributed by atoms with van der Waals surface area (Å²) in [7, 11) is 1.63. The van der Waals surface area contributed by atoms with Crippen LogP contribution < -0.4 is 14.8 Å². The molecule has 0 spiro atoms. The summed E-state index contributed by atoms with van der Waals surface area (Å²) in [5.74, 6) is 1.38. The van der Waals surface area contributed by atoms with E-state index in [1.54, 1.807) is 36.1 Å². The van der Waals surface area contributed by atoms with Gasteiger partial charge < -0.3 is 14.8 Å². The highest BCUT2D eigenvalue weighted by atomic mass is 35.5. The van der Waals surface area contributed by atoms with Crippen LogP contribution in [-0.2, 0) is 11.3 Å². The van der Waals surface area contributed by atoms with Gasteiger partial charge in [-0.25, -0.2) is 4.68 Å². The average Bonchev–Trinajstić information content (AvgIpc) is 3.17. The van der Waals surface area contributed by atoms with Crippen molar-refractivity contribution in [1.29, 1.82) is 0 Å². The van der Waals surface area contributed by atoms with Crippen molar-refractivity contribution in [3.63, 3.8) is 0 Å². The van der Waals surface area contributed by atoms with Gasteiger partial charge in [-0.15, -0.1) is 0 Å². The molecule has 27 heavy (non-hydrogen) atoms. The minimum absolute atomic E-state index is 0.0945. The van der Waals surface area contributed by atoms with Crippen LogP contribution in [0.1, 0.15) is 12.1 Å². The monoisotopic (exact) mass is 385 g/mol. The molecule has 0 saturated carbocycles. The van der Waals surface area contributed by atoms with Crippen LogP contribution in [0.5, 0.6) is 11.5 Å². The second-order valence-electron chi connectivity index (χ2n) is 5.78. The van der Waals surface area contributed by atoms with Gasteiger partial charge in [-0.05, 0) is 54.6 Å². The highest BCUT2D eigenvalue weighted by Crippen LogP contribution is 2.16. The first-order valence-corrected chi connectivity index (χ1v) is 8.86. The molecule has 2 aromatic carbocycles. The zero-order valence-corrected chi connectivity index (χ0v) is 15.6. The molecule has 1 heterocycles. The minimum atomic E-state index is -0.0945. The second-order valence-corrected chi connectivity index (χ2v) is 6.22. The molecule has 0 aliphatic heterocycles. The molecule has 1 N–H and O–H groups in total. The number of nitrogens with one attached hydrogen (secondary N) is 1. The normalized spacial score (nSPS) is 10.4. The molecule has 0 aliphatic rings. The molecule has 0 saturated heterocycles. The van der Waals surface area contributed by atoms with Crippen molar-refractivity contribution in [1.82, 2.24) is 15.1 Å². The third-order valence-electron chi connectivity index (χ3n) is 3.86. The van der Waals surface area contributed by atoms with Gasteiger partial charge in [0.2, 0.25) is 5.91 Å². The molecule has 6 nitrogen and oxygen atoms in total. The van der Waals surface area contributed by atoms with E-state index >= 15 is 0 Å². The van der Waals surface area contributed by atoms with Crippen molar-refractivity contribution in [3.05, 3.63) is 71.5 Å². The number of benzene rings is 2. The lowest BCUT2D eigenvalue weighted by Crippen LogP contribution is -2.24. The number of halogens is 1. The predicted octanol–water partition coefficient (Wildman–Crippen LogP) is 3.62. The lowest BCUT2D eigenvalue weighted by atomic mass is 10.3. The van der Waals surface area contributed by atoms with E-state index in [-0.39, 0.29) is 12.3 Å². The molecule has 0 aliphatic carbocycles. The summed E-state index contributed by atoms with van der Waals surface area (Å²) in [6.45, 7) is 0.663. The lowest BCUT2D eigenvalue weighted by molar-refractivity contribution is -0.121. The number of carbonyl (C=O) groups excluding carboxylic acids is 1. The Kier molecular flexibility index (Phi) is 6.33. The van der Waals surface area contributed by atoms with E-state index < -0.39 is 0 Å². The van der Waals surface area contributed by atoms with Gasteiger partial charge in [0.15, 0.2) is 0 Å². The third-order valence-corrected chi connectivity index (χ3v) is 4.11. The summed E-state index contributed by atoms with van der Waals surface area (Å²) >= 11 is 5.82. The van der Waals surface area contributed by atoms with Crippen molar-refractivity contribution in [2.75, 3.05) is 13.7 Å². The average molecular weight is 386 g/mol. The Labute approximate surface area is 162 Å². The topological polar surface area (TPSA) is 65.4 Å². The molecule has 0 unspecified atom stereocenters. The molecule has 140 valence electrons. The van der Waals surface area contributed by atoms with Gasteiger partial charge in [-0.3, -0.25) is 4.79 Å². The molecule has 3 aromatic rings. The zero-order valence-electron chi connectivity index (χ0n) is 14.9. The Hall–Kier alpha value is -2.99. The van der Waals surface area contributed by atoms with Crippen molar-refractivity contribution < 1.29 is 14.3 Å². The molecule has 1 aromatic heterocycles. The fourth-order valence-electron chi connectivity index (χ4n) is 2.40. The summed E-state index contributed by atoms with van der Waals surface area (Å²) in [5.41, 5.74) is 1.70. The smallest absolute Gasteiger partial charge is 0.223 e. The molecule has 3 rings (SSSR count). The van der Waals surface area contributed by atoms with Crippen LogP contribution in [0.2, 0.25) is 5.02 Å². The van der Waals surface area contributed by atoms with Crippen molar-refractivity contribution in [2.24, 2.45) is 0 Å². The predicted molar refractivity (Wildman–Crippen MR) is 104 cm³/mol. The summed E-state index contributed by atoms with van der Waals surface area (Å²) in [5, 5.41) is 7.95. The van der Waals surface area contributed by atoms with Gasteiger partial charge in [-0.1, -0.05) is 11.6 Å². The number of hydrogen-bond donors (Lipinski definition) is 1. The van der Waals surface area contributed by atoms with Gasteiger partial charge in [-0.2, -0.15) is 5.10 Å². The van der Waals surface area contributed by atoms with E-state index in [4.69, 9.17) is 21.1 Å². The standard InChI is InChI=1S/C20H20ClN3O3/c1-26-18-8-4-17(5-9-18)24-12-10-16(23-24)14-22-20(25)11-13-27-19-6-2-15(21)3-7-19/h2-10,12H,11,13-14H2,1H3,(H,22,25). The van der Waals surface area contributed by atoms with Crippen LogP contribution >= 0.6 is 11.6 Å². The van der Waals surface area contributed by atoms with E-state index in [9.17, 15) is 4.79 Å². The van der Waals surface area contributed by atoms with Crippen LogP contribution in [0, 0.1) is 0 Å². The maximum absolute atomic E-state index is 11.9. The van der Waals surface area contributed by atoms with Gasteiger partial charge >= 0.3 is 0 Å². The number of hydrogen-bond acceptors (Lipinski definition) is 4. The number of rotatable bonds is 8. The van der Waals surface area contributed by atoms with Crippen molar-refractivity contribution in [2.45, 2.75) is 13.0 Å². The first-order chi connectivity index (χ1) is 13.1. The molecular formula is C20H20ClN3O3. The molecule has 0 fully saturated rings. The van der Waals surface area contributed by atoms with Crippen LogP contribution in [-0.4, -0.2) is 29.4 Å². The van der Waals surface area contributed by atoms with Crippen LogP contribution in [0.3, 0.4) is 0 Å². The molecule has 7 heteroatoms. The largest absolute Gasteiger partial charge is 0.497 e. The maximum Gasteiger partial charge on any atom is 0.223 e. The lowest BCUT2D eigenvalue weighted by Gasteiger charge is -2.07. The molecule has 1 amide bonds. The maximum atomic E-state index is 11.9. The Bertz CT molecular complexity index is 876. The van der Waals surface area contributed by atoms with E-state index in [2.05, 4.69) is 10.4 Å². The van der Waals surface area contributed by atoms with Gasteiger partial charge in [0, 0.05) is 11.2 Å². The highest BCUT2D eigenvalue weighted by Gasteiger charge is 2.05. The first-order valence-electron chi connectivity index (χ1n) is 8.48. The van der Waals surface area contributed by atoms with E-state index in [0.29, 0.717) is 23.9 Å². The molecular weight excluding hydrogens is 366 g/mol. The van der Waals surface area contributed by atoms with Crippen molar-refractivity contribution >= 4 is 17.5 Å². The SMILES string of the molecule is COc1ccc(-n2ccc(CNC(=O)CCOc3ccc(Cl)cc3)n2)cc1. The summed E-state index contributed by atoms with van der Waals surface area (Å²) in [6.07, 6.45) is 2.12. The van der Waals surface area contributed by atoms with Crippen LogP contribution in [0.4, 0.5) is 0 Å². The highest BCUT2D eigenvalue weighted by molar-refractivity contribution is 6.30. The van der Waals surface area contributed by atoms with Crippen LogP contribution in [0.15, 0.2) is 60.8 Å². The number of methoxy groups -OCH3 is 1. The first kappa shape index (κ1) is 18.8. The van der Waals surface area contributed by atoms with Crippen molar-refractivity contribution in [3.8, 4) is 17.2 Å². The summed E-state index contributed by atoms with van der Waals surface area (Å²) in [4.78, 5) is 11.9. The number of nitrogens with zero attached hydrogens (tertiary/aromatic N) is 2. The summed E-state index contributed by atoms with van der Waals surface area (Å²) < 4.78 is 12.4. The Balaban J connectivity index is 1.43. The number of amides is 1. The molecule has 0 atom stereocenters. The minimum Gasteiger partial charge on any atom is -0.497 e. The summed E-state index contributed by atoms with van der Waals surface area (Å²) in [6, 6.07) is 16.5. The van der Waals surface area contributed by atoms with E-state index in [0.717, 1.165) is 17.1 Å². The quantitative estimate of drug-likeness (QED) is 0.643. The van der Waals surface area contributed by atoms with Gasteiger partial charge in [0.05, 0.1) is 38.1 Å². The zero-order chi connectivity index (χ0) is 19.1. The van der Waals surface area contributed by atoms with E-state index in [1.165, 1.54) is 0 Å². The molecule has 0 radical (unpaired) electrons. The Morgan fingerprint density at radius 2 is 1.78 bits per heavy atom. The van der Waals surface area contributed by atoms with Crippen LogP contribution in [0.25, 0.3) is 5.69 Å². The number of ether oxygens (including phenoxy) is 2.